The van der Waals surface area contributed by atoms with E-state index >= 15 is 0 Å². The average molecular weight is 446 g/mol. The number of benzene rings is 2. The maximum Gasteiger partial charge on any atom is 0.292 e. The van der Waals surface area contributed by atoms with Crippen molar-refractivity contribution < 1.29 is 13.2 Å². The summed E-state index contributed by atoms with van der Waals surface area (Å²) in [6.07, 6.45) is 1.35. The predicted molar refractivity (Wildman–Crippen MR) is 110 cm³/mol. The molecule has 158 valence electrons. The van der Waals surface area contributed by atoms with Crippen LogP contribution in [0.15, 0.2) is 47.4 Å². The van der Waals surface area contributed by atoms with Gasteiger partial charge < -0.3 is 9.80 Å². The third-order valence-electron chi connectivity index (χ3n) is 5.08. The van der Waals surface area contributed by atoms with Crippen LogP contribution in [0.3, 0.4) is 0 Å². The van der Waals surface area contributed by atoms with E-state index in [2.05, 4.69) is 5.10 Å². The lowest BCUT2D eigenvalue weighted by atomic mass is 10.1. The molecule has 0 atom stereocenters. The predicted octanol–water partition coefficient (Wildman–Crippen LogP) is 3.50. The highest BCUT2D eigenvalue weighted by Gasteiger charge is 2.23. The Bertz CT molecular complexity index is 1250. The molecule has 0 spiro atoms. The molecule has 2 heterocycles. The number of halogens is 4. The summed E-state index contributed by atoms with van der Waals surface area (Å²) in [4.78, 5) is 16.3. The minimum atomic E-state index is -0.934. The largest absolute Gasteiger partial charge is 0.366 e. The maximum atomic E-state index is 14.3. The highest BCUT2D eigenvalue weighted by molar-refractivity contribution is 6.33. The smallest absolute Gasteiger partial charge is 0.292 e. The van der Waals surface area contributed by atoms with Gasteiger partial charge in [0.15, 0.2) is 5.82 Å². The Morgan fingerprint density at radius 3 is 2.13 bits per heavy atom. The van der Waals surface area contributed by atoms with Gasteiger partial charge in [0.25, 0.3) is 5.56 Å². The topological polar surface area (TPSA) is 65.2 Å². The van der Waals surface area contributed by atoms with Crippen LogP contribution in [0, 0.1) is 28.8 Å². The van der Waals surface area contributed by atoms with Gasteiger partial charge >= 0.3 is 0 Å². The van der Waals surface area contributed by atoms with Gasteiger partial charge in [-0.1, -0.05) is 11.6 Å². The quantitative estimate of drug-likeness (QED) is 0.617. The van der Waals surface area contributed by atoms with Gasteiger partial charge in [-0.3, -0.25) is 4.79 Å². The van der Waals surface area contributed by atoms with Crippen LogP contribution >= 0.6 is 11.6 Å². The molecule has 1 aromatic heterocycles. The third-order valence-corrected chi connectivity index (χ3v) is 5.43. The van der Waals surface area contributed by atoms with E-state index < -0.39 is 23.0 Å². The molecular weight excluding hydrogens is 431 g/mol. The second-order valence-electron chi connectivity index (χ2n) is 6.91. The number of rotatable bonds is 3. The van der Waals surface area contributed by atoms with E-state index in [4.69, 9.17) is 16.9 Å². The number of piperazine rings is 1. The lowest BCUT2D eigenvalue weighted by Crippen LogP contribution is -2.47. The van der Waals surface area contributed by atoms with Crippen molar-refractivity contribution in [1.29, 1.82) is 5.26 Å². The summed E-state index contributed by atoms with van der Waals surface area (Å²) in [6.45, 7) is 1.79. The van der Waals surface area contributed by atoms with Crippen LogP contribution in [0.5, 0.6) is 0 Å². The van der Waals surface area contributed by atoms with E-state index in [9.17, 15) is 18.0 Å². The molecule has 31 heavy (non-hydrogen) atoms. The normalized spacial score (nSPS) is 13.9. The van der Waals surface area contributed by atoms with Gasteiger partial charge in [-0.25, -0.2) is 13.2 Å². The summed E-state index contributed by atoms with van der Waals surface area (Å²) in [7, 11) is 0. The Morgan fingerprint density at radius 2 is 1.52 bits per heavy atom. The zero-order valence-corrected chi connectivity index (χ0v) is 16.8. The van der Waals surface area contributed by atoms with Crippen LogP contribution in [0.25, 0.3) is 5.69 Å². The monoisotopic (exact) mass is 445 g/mol. The molecule has 10 heteroatoms. The van der Waals surface area contributed by atoms with Gasteiger partial charge in [-0.15, -0.1) is 0 Å². The van der Waals surface area contributed by atoms with Crippen molar-refractivity contribution >= 4 is 23.0 Å². The summed E-state index contributed by atoms with van der Waals surface area (Å²) < 4.78 is 42.3. The third kappa shape index (κ3) is 3.94. The molecule has 1 saturated heterocycles. The molecule has 1 aliphatic heterocycles. The van der Waals surface area contributed by atoms with E-state index in [1.165, 1.54) is 12.3 Å². The molecule has 0 aliphatic carbocycles. The molecule has 1 fully saturated rings. The van der Waals surface area contributed by atoms with Gasteiger partial charge in [-0.05, 0) is 30.3 Å². The van der Waals surface area contributed by atoms with Crippen molar-refractivity contribution in [2.45, 2.75) is 0 Å². The molecule has 1 aliphatic rings. The number of aromatic nitrogens is 2. The molecule has 0 amide bonds. The van der Waals surface area contributed by atoms with E-state index in [-0.39, 0.29) is 16.3 Å². The van der Waals surface area contributed by atoms with E-state index in [0.717, 1.165) is 16.8 Å². The summed E-state index contributed by atoms with van der Waals surface area (Å²) in [5.74, 6) is -2.18. The van der Waals surface area contributed by atoms with Crippen LogP contribution in [0.2, 0.25) is 5.02 Å². The van der Waals surface area contributed by atoms with Gasteiger partial charge in [0.05, 0.1) is 29.2 Å². The molecule has 3 aromatic rings. The zero-order chi connectivity index (χ0) is 22.1. The maximum absolute atomic E-state index is 14.3. The fourth-order valence-corrected chi connectivity index (χ4v) is 3.74. The molecule has 0 bridgehead atoms. The first-order valence-electron chi connectivity index (χ1n) is 9.32. The number of anilines is 2. The van der Waals surface area contributed by atoms with Crippen molar-refractivity contribution in [3.05, 3.63) is 81.0 Å². The number of nitrogens with zero attached hydrogens (tertiary/aromatic N) is 5. The van der Waals surface area contributed by atoms with Crippen molar-refractivity contribution in [2.75, 3.05) is 36.0 Å². The van der Waals surface area contributed by atoms with Crippen LogP contribution in [0.1, 0.15) is 5.56 Å². The Morgan fingerprint density at radius 1 is 0.903 bits per heavy atom. The first kappa shape index (κ1) is 20.8. The van der Waals surface area contributed by atoms with Crippen molar-refractivity contribution in [1.82, 2.24) is 9.78 Å². The SMILES string of the molecule is N#Cc1ccc(N2CCN(c3cnn(-c4ccc(F)cc4F)c(=O)c3Cl)CC2)c(F)c1. The van der Waals surface area contributed by atoms with Crippen LogP contribution in [-0.4, -0.2) is 36.0 Å². The van der Waals surface area contributed by atoms with E-state index in [1.807, 2.05) is 15.9 Å². The van der Waals surface area contributed by atoms with Crippen molar-refractivity contribution in [2.24, 2.45) is 0 Å². The second-order valence-corrected chi connectivity index (χ2v) is 7.29. The fraction of sp³-hybridized carbons (Fsp3) is 0.190. The van der Waals surface area contributed by atoms with Crippen molar-refractivity contribution in [3.8, 4) is 11.8 Å². The van der Waals surface area contributed by atoms with Crippen LogP contribution < -0.4 is 15.4 Å². The Kier molecular flexibility index (Phi) is 5.57. The number of hydrogen-bond acceptors (Lipinski definition) is 5. The highest BCUT2D eigenvalue weighted by Crippen LogP contribution is 2.26. The van der Waals surface area contributed by atoms with Gasteiger partial charge in [0.2, 0.25) is 0 Å². The Hall–Kier alpha value is -3.51. The van der Waals surface area contributed by atoms with Gasteiger partial charge in [0, 0.05) is 32.2 Å². The Labute approximate surface area is 180 Å². The summed E-state index contributed by atoms with van der Waals surface area (Å²) in [6, 6.07) is 9.01. The molecule has 6 nitrogen and oxygen atoms in total. The molecule has 0 N–H and O–H groups in total. The first-order valence-corrected chi connectivity index (χ1v) is 9.69. The lowest BCUT2D eigenvalue weighted by Gasteiger charge is -2.37. The van der Waals surface area contributed by atoms with Gasteiger partial charge in [-0.2, -0.15) is 15.0 Å². The second kappa shape index (κ2) is 8.32. The summed E-state index contributed by atoms with van der Waals surface area (Å²) in [5.41, 5.74) is 0.0811. The van der Waals surface area contributed by atoms with Crippen molar-refractivity contribution in [3.63, 3.8) is 0 Å². The molecule has 0 saturated carbocycles. The molecular formula is C21H15ClF3N5O. The standard InChI is InChI=1S/C21H15ClF3N5O/c22-20-19(12-27-30(21(20)31)18-4-2-14(23)10-16(18)25)29-7-5-28(6-8-29)17-3-1-13(11-26)9-15(17)24/h1-4,9-10,12H,5-8H2. The molecule has 4 rings (SSSR count). The lowest BCUT2D eigenvalue weighted by molar-refractivity contribution is 0.570. The molecule has 0 radical (unpaired) electrons. The summed E-state index contributed by atoms with van der Waals surface area (Å²) >= 11 is 6.26. The first-order chi connectivity index (χ1) is 14.9. The molecule has 2 aromatic carbocycles. The molecule has 0 unspecified atom stereocenters. The average Bonchev–Trinajstić information content (AvgIpc) is 2.76. The van der Waals surface area contributed by atoms with Crippen LogP contribution in [0.4, 0.5) is 24.5 Å². The number of hydrogen-bond donors (Lipinski definition) is 0. The minimum absolute atomic E-state index is 0.142. The summed E-state index contributed by atoms with van der Waals surface area (Å²) in [5, 5.41) is 12.7. The fourth-order valence-electron chi connectivity index (χ4n) is 3.49. The van der Waals surface area contributed by atoms with E-state index in [0.29, 0.717) is 43.6 Å². The Balaban J connectivity index is 1.55. The minimum Gasteiger partial charge on any atom is -0.366 e. The van der Waals surface area contributed by atoms with Crippen LogP contribution in [-0.2, 0) is 0 Å². The number of nitriles is 1. The zero-order valence-electron chi connectivity index (χ0n) is 16.0. The van der Waals surface area contributed by atoms with Gasteiger partial charge in [0.1, 0.15) is 22.3 Å². The highest BCUT2D eigenvalue weighted by atomic mass is 35.5. The van der Waals surface area contributed by atoms with E-state index in [1.54, 1.807) is 12.1 Å².